The largest absolute Gasteiger partial charge is 0.395 e. The topological polar surface area (TPSA) is 52.6 Å². The van der Waals surface area contributed by atoms with Gasteiger partial charge in [-0.15, -0.1) is 0 Å². The van der Waals surface area contributed by atoms with Crippen molar-refractivity contribution in [1.29, 1.82) is 0 Å². The summed E-state index contributed by atoms with van der Waals surface area (Å²) < 4.78 is 13.8. The van der Waals surface area contributed by atoms with Gasteiger partial charge in [-0.1, -0.05) is 6.07 Å². The summed E-state index contributed by atoms with van der Waals surface area (Å²) in [6.07, 6.45) is 1.91. The van der Waals surface area contributed by atoms with Gasteiger partial charge in [0, 0.05) is 19.1 Å². The van der Waals surface area contributed by atoms with Crippen molar-refractivity contribution in [2.75, 3.05) is 25.0 Å². The molecule has 104 valence electrons. The van der Waals surface area contributed by atoms with Gasteiger partial charge in [0.05, 0.1) is 17.9 Å². The SMILES string of the molecule is CCNc1c(F)cccc1C(=O)N(CCO)C1CC1. The molecule has 1 aliphatic carbocycles. The van der Waals surface area contributed by atoms with Crippen LogP contribution in [0.25, 0.3) is 0 Å². The first-order valence-electron chi connectivity index (χ1n) is 6.63. The lowest BCUT2D eigenvalue weighted by Crippen LogP contribution is -2.36. The van der Waals surface area contributed by atoms with E-state index in [0.29, 0.717) is 18.7 Å². The van der Waals surface area contributed by atoms with Gasteiger partial charge in [0.2, 0.25) is 0 Å². The van der Waals surface area contributed by atoms with Crippen molar-refractivity contribution < 1.29 is 14.3 Å². The number of para-hydroxylation sites is 1. The zero-order valence-electron chi connectivity index (χ0n) is 11.0. The Balaban J connectivity index is 2.28. The maximum atomic E-state index is 13.8. The van der Waals surface area contributed by atoms with Crippen molar-refractivity contribution in [2.45, 2.75) is 25.8 Å². The highest BCUT2D eigenvalue weighted by Gasteiger charge is 2.33. The standard InChI is InChI=1S/C14H19FN2O2/c1-2-16-13-11(4-3-5-12(13)15)14(19)17(8-9-18)10-6-7-10/h3-5,10,16,18H,2,6-9H2,1H3. The van der Waals surface area contributed by atoms with Crippen LogP contribution in [0.4, 0.5) is 10.1 Å². The van der Waals surface area contributed by atoms with Gasteiger partial charge in [0.25, 0.3) is 5.91 Å². The summed E-state index contributed by atoms with van der Waals surface area (Å²) in [6, 6.07) is 4.68. The molecule has 0 spiro atoms. The van der Waals surface area contributed by atoms with Crippen LogP contribution in [0.1, 0.15) is 30.1 Å². The fraction of sp³-hybridized carbons (Fsp3) is 0.500. The smallest absolute Gasteiger partial charge is 0.256 e. The Morgan fingerprint density at radius 2 is 2.26 bits per heavy atom. The molecule has 5 heteroatoms. The number of anilines is 1. The number of carbonyl (C=O) groups excluding carboxylic acids is 1. The van der Waals surface area contributed by atoms with Gasteiger partial charge in [0.15, 0.2) is 0 Å². The summed E-state index contributed by atoms with van der Waals surface area (Å²) >= 11 is 0. The zero-order valence-corrected chi connectivity index (χ0v) is 11.0. The number of nitrogens with zero attached hydrogens (tertiary/aromatic N) is 1. The molecule has 1 aromatic carbocycles. The number of aliphatic hydroxyl groups excluding tert-OH is 1. The molecule has 0 radical (unpaired) electrons. The predicted octanol–water partition coefficient (Wildman–Crippen LogP) is 1.85. The van der Waals surface area contributed by atoms with Crippen LogP contribution in [0.3, 0.4) is 0 Å². The maximum absolute atomic E-state index is 13.8. The fourth-order valence-corrected chi connectivity index (χ4v) is 2.16. The molecular weight excluding hydrogens is 247 g/mol. The van der Waals surface area contributed by atoms with E-state index >= 15 is 0 Å². The van der Waals surface area contributed by atoms with Crippen LogP contribution in [0.15, 0.2) is 18.2 Å². The van der Waals surface area contributed by atoms with Gasteiger partial charge in [0.1, 0.15) is 5.82 Å². The first kappa shape index (κ1) is 13.8. The van der Waals surface area contributed by atoms with Crippen molar-refractivity contribution in [3.8, 4) is 0 Å². The van der Waals surface area contributed by atoms with Gasteiger partial charge >= 0.3 is 0 Å². The molecule has 19 heavy (non-hydrogen) atoms. The summed E-state index contributed by atoms with van der Waals surface area (Å²) in [4.78, 5) is 14.1. The molecule has 2 rings (SSSR count). The Kier molecular flexibility index (Phi) is 4.37. The first-order valence-corrected chi connectivity index (χ1v) is 6.63. The molecule has 0 saturated heterocycles. The minimum absolute atomic E-state index is 0.0753. The number of amides is 1. The number of halogens is 1. The minimum atomic E-state index is -0.424. The Hall–Kier alpha value is -1.62. The molecule has 0 bridgehead atoms. The first-order chi connectivity index (χ1) is 9.19. The molecule has 0 heterocycles. The van der Waals surface area contributed by atoms with Crippen LogP contribution >= 0.6 is 0 Å². The van der Waals surface area contributed by atoms with E-state index in [4.69, 9.17) is 5.11 Å². The summed E-state index contributed by atoms with van der Waals surface area (Å²) in [5.74, 6) is -0.639. The Morgan fingerprint density at radius 1 is 1.53 bits per heavy atom. The van der Waals surface area contributed by atoms with Gasteiger partial charge in [-0.3, -0.25) is 4.79 Å². The second-order valence-corrected chi connectivity index (χ2v) is 4.65. The van der Waals surface area contributed by atoms with Gasteiger partial charge in [-0.2, -0.15) is 0 Å². The average Bonchev–Trinajstić information content (AvgIpc) is 3.22. The third kappa shape index (κ3) is 3.04. The van der Waals surface area contributed by atoms with E-state index in [9.17, 15) is 9.18 Å². The van der Waals surface area contributed by atoms with Crippen molar-refractivity contribution in [2.24, 2.45) is 0 Å². The molecule has 0 aromatic heterocycles. The molecule has 4 nitrogen and oxygen atoms in total. The molecule has 0 atom stereocenters. The minimum Gasteiger partial charge on any atom is -0.395 e. The Bertz CT molecular complexity index is 461. The molecule has 1 aliphatic rings. The number of hydrogen-bond acceptors (Lipinski definition) is 3. The van der Waals surface area contributed by atoms with E-state index in [1.54, 1.807) is 11.0 Å². The summed E-state index contributed by atoms with van der Waals surface area (Å²) in [5.41, 5.74) is 0.584. The van der Waals surface area contributed by atoms with E-state index in [2.05, 4.69) is 5.32 Å². The fourth-order valence-electron chi connectivity index (χ4n) is 2.16. The predicted molar refractivity (Wildman–Crippen MR) is 71.7 cm³/mol. The molecular formula is C14H19FN2O2. The number of benzene rings is 1. The number of nitrogens with one attached hydrogen (secondary N) is 1. The maximum Gasteiger partial charge on any atom is 0.256 e. The van der Waals surface area contributed by atoms with E-state index in [1.165, 1.54) is 12.1 Å². The van der Waals surface area contributed by atoms with Gasteiger partial charge in [-0.05, 0) is 31.9 Å². The van der Waals surface area contributed by atoms with Gasteiger partial charge in [-0.25, -0.2) is 4.39 Å². The normalized spacial score (nSPS) is 14.3. The Morgan fingerprint density at radius 3 is 2.84 bits per heavy atom. The molecule has 1 fully saturated rings. The van der Waals surface area contributed by atoms with E-state index < -0.39 is 5.82 Å². The quantitative estimate of drug-likeness (QED) is 0.826. The lowest BCUT2D eigenvalue weighted by atomic mass is 10.1. The van der Waals surface area contributed by atoms with Crippen LogP contribution in [0.2, 0.25) is 0 Å². The highest BCUT2D eigenvalue weighted by atomic mass is 19.1. The highest BCUT2D eigenvalue weighted by molar-refractivity contribution is 6.00. The van der Waals surface area contributed by atoms with Crippen molar-refractivity contribution in [3.05, 3.63) is 29.6 Å². The van der Waals surface area contributed by atoms with Gasteiger partial charge < -0.3 is 15.3 Å². The average molecular weight is 266 g/mol. The molecule has 1 amide bonds. The second-order valence-electron chi connectivity index (χ2n) is 4.65. The third-order valence-corrected chi connectivity index (χ3v) is 3.19. The summed E-state index contributed by atoms with van der Waals surface area (Å²) in [7, 11) is 0. The lowest BCUT2D eigenvalue weighted by molar-refractivity contribution is 0.0708. The summed E-state index contributed by atoms with van der Waals surface area (Å²) in [6.45, 7) is 2.62. The van der Waals surface area contributed by atoms with Crippen LogP contribution < -0.4 is 5.32 Å². The monoisotopic (exact) mass is 266 g/mol. The van der Waals surface area contributed by atoms with E-state index in [0.717, 1.165) is 12.8 Å². The number of rotatable bonds is 6. The number of aliphatic hydroxyl groups is 1. The lowest BCUT2D eigenvalue weighted by Gasteiger charge is -2.23. The Labute approximate surface area is 112 Å². The number of carbonyl (C=O) groups is 1. The second kappa shape index (κ2) is 6.02. The molecule has 2 N–H and O–H groups in total. The van der Waals surface area contributed by atoms with Crippen LogP contribution in [-0.4, -0.2) is 41.7 Å². The van der Waals surface area contributed by atoms with Crippen molar-refractivity contribution in [1.82, 2.24) is 4.90 Å². The van der Waals surface area contributed by atoms with Crippen LogP contribution in [0, 0.1) is 5.82 Å². The van der Waals surface area contributed by atoms with E-state index in [-0.39, 0.29) is 24.2 Å². The zero-order chi connectivity index (χ0) is 13.8. The van der Waals surface area contributed by atoms with Crippen LogP contribution in [0.5, 0.6) is 0 Å². The molecule has 1 aromatic rings. The van der Waals surface area contributed by atoms with Crippen LogP contribution in [-0.2, 0) is 0 Å². The molecule has 0 aliphatic heterocycles. The number of hydrogen-bond donors (Lipinski definition) is 2. The third-order valence-electron chi connectivity index (χ3n) is 3.19. The molecule has 0 unspecified atom stereocenters. The summed E-state index contributed by atoms with van der Waals surface area (Å²) in [5, 5.41) is 11.9. The van der Waals surface area contributed by atoms with Crippen molar-refractivity contribution in [3.63, 3.8) is 0 Å². The van der Waals surface area contributed by atoms with E-state index in [1.807, 2.05) is 6.92 Å². The molecule has 1 saturated carbocycles. The highest BCUT2D eigenvalue weighted by Crippen LogP contribution is 2.30. The van der Waals surface area contributed by atoms with Crippen molar-refractivity contribution >= 4 is 11.6 Å².